The van der Waals surface area contributed by atoms with Gasteiger partial charge in [0.2, 0.25) is 0 Å². The Bertz CT molecular complexity index is 699. The summed E-state index contributed by atoms with van der Waals surface area (Å²) in [6.45, 7) is 0. The average Bonchev–Trinajstić information content (AvgIpc) is 2.94. The van der Waals surface area contributed by atoms with Crippen LogP contribution in [-0.2, 0) is 19.5 Å². The third-order valence-corrected chi connectivity index (χ3v) is 1.70. The monoisotopic (exact) mass is 431 g/mol. The molecule has 0 aliphatic heterocycles. The van der Waals surface area contributed by atoms with Crippen LogP contribution in [0.3, 0.4) is 0 Å². The summed E-state index contributed by atoms with van der Waals surface area (Å²) in [6, 6.07) is 19.2. The zero-order valence-corrected chi connectivity index (χ0v) is 13.5. The summed E-state index contributed by atoms with van der Waals surface area (Å²) in [5, 5.41) is 2.09. The summed E-state index contributed by atoms with van der Waals surface area (Å²) < 4.78 is 59.2. The fourth-order valence-corrected chi connectivity index (χ4v) is 1.05. The van der Waals surface area contributed by atoms with Gasteiger partial charge in [0.1, 0.15) is 0 Å². The van der Waals surface area contributed by atoms with E-state index >= 15 is 0 Å². The molecule has 0 bridgehead atoms. The molecule has 0 spiro atoms. The number of allylic oxidation sites excluding steroid dienone is 2. The fourth-order valence-electron chi connectivity index (χ4n) is 1.05. The van der Waals surface area contributed by atoms with Crippen molar-refractivity contribution in [1.29, 1.82) is 0 Å². The summed E-state index contributed by atoms with van der Waals surface area (Å²) in [7, 11) is -10.7. The molecule has 2 aromatic rings. The largest absolute Gasteiger partial charge is 2.00 e. The van der Waals surface area contributed by atoms with Gasteiger partial charge in [0.25, 0.3) is 0 Å². The second-order valence-electron chi connectivity index (χ2n) is 3.63. The number of fused-ring (bicyclic) bond motifs is 1. The van der Waals surface area contributed by atoms with Crippen molar-refractivity contribution in [3.05, 3.63) is 77.9 Å². The Morgan fingerprint density at radius 1 is 0.783 bits per heavy atom. The predicted molar refractivity (Wildman–Crippen MR) is 69.9 cm³/mol. The van der Waals surface area contributed by atoms with Crippen LogP contribution in [0.5, 0.6) is 0 Å². The van der Waals surface area contributed by atoms with Crippen LogP contribution in [0.2, 0.25) is 0 Å². The molecule has 0 fully saturated rings. The van der Waals surface area contributed by atoms with Crippen LogP contribution in [0.4, 0.5) is 25.2 Å². The maximum Gasteiger partial charge on any atom is 2.00 e. The molecular weight excluding hydrogens is 426 g/mol. The van der Waals surface area contributed by atoms with Gasteiger partial charge in [-0.1, -0.05) is 24.3 Å². The van der Waals surface area contributed by atoms with E-state index in [0.29, 0.717) is 0 Å². The number of halogens is 6. The van der Waals surface area contributed by atoms with Crippen molar-refractivity contribution in [3.63, 3.8) is 0 Å². The first-order valence-corrected chi connectivity index (χ1v) is 7.37. The van der Waals surface area contributed by atoms with Crippen LogP contribution in [0.15, 0.2) is 41.5 Å². The van der Waals surface area contributed by atoms with Crippen LogP contribution in [0, 0.1) is 36.4 Å². The molecule has 1 aliphatic rings. The average molecular weight is 430 g/mol. The Morgan fingerprint density at radius 2 is 1.22 bits per heavy atom. The quantitative estimate of drug-likeness (QED) is 0.157. The third-order valence-electron chi connectivity index (χ3n) is 1.70. The van der Waals surface area contributed by atoms with E-state index in [9.17, 15) is 25.2 Å². The molecule has 0 heterocycles. The van der Waals surface area contributed by atoms with Gasteiger partial charge >= 0.3 is 52.5 Å². The van der Waals surface area contributed by atoms with Crippen molar-refractivity contribution in [2.24, 2.45) is 0 Å². The molecule has 0 saturated heterocycles. The second kappa shape index (κ2) is 7.09. The standard InChI is InChI=1S/C10H4.C5.F6P.Ru/c1-2-6-10-8-4-3-7-9(10)5-1;1-2-4-5-3-1;1-7(2,3,4,5)6;/h1-2,5-6H;;;/q;2*-1;+2. The van der Waals surface area contributed by atoms with Gasteiger partial charge in [-0.2, -0.15) is 0 Å². The SMILES string of the molecule is F[P-](F)(F)(F)(F)F.[C]1=C=C=C=[C-]1.[Ru+2].c1c#cc2ccccc2c#1. The smallest absolute Gasteiger partial charge is 0.288 e. The van der Waals surface area contributed by atoms with Gasteiger partial charge in [-0.05, 0) is 24.3 Å². The maximum absolute atomic E-state index is 10.7. The summed E-state index contributed by atoms with van der Waals surface area (Å²) in [6.07, 6.45) is 5.00. The zero-order chi connectivity index (χ0) is 16.8. The van der Waals surface area contributed by atoms with Crippen LogP contribution in [-0.4, -0.2) is 0 Å². The normalized spacial score (nSPS) is 13.1. The molecule has 1 aliphatic carbocycles. The summed E-state index contributed by atoms with van der Waals surface area (Å²) in [4.78, 5) is 0. The molecule has 0 N–H and O–H groups in total. The Labute approximate surface area is 141 Å². The number of benzene rings is 1. The zero-order valence-electron chi connectivity index (χ0n) is 10.9. The maximum atomic E-state index is 9.87. The van der Waals surface area contributed by atoms with Gasteiger partial charge in [0, 0.05) is 10.8 Å². The minimum atomic E-state index is -10.7. The van der Waals surface area contributed by atoms with Gasteiger partial charge in [-0.15, -0.1) is 12.2 Å². The van der Waals surface area contributed by atoms with Crippen molar-refractivity contribution in [2.75, 3.05) is 0 Å². The Balaban J connectivity index is 0.000000330. The van der Waals surface area contributed by atoms with E-state index in [1.54, 1.807) is 0 Å². The molecule has 119 valence electrons. The first-order valence-electron chi connectivity index (χ1n) is 5.34. The van der Waals surface area contributed by atoms with Crippen molar-refractivity contribution in [1.82, 2.24) is 0 Å². The van der Waals surface area contributed by atoms with E-state index in [1.165, 1.54) is 0 Å². The van der Waals surface area contributed by atoms with E-state index < -0.39 is 7.81 Å². The van der Waals surface area contributed by atoms with E-state index in [1.807, 2.05) is 24.3 Å². The number of rotatable bonds is 0. The van der Waals surface area contributed by atoms with Crippen LogP contribution in [0.25, 0.3) is 10.8 Å². The summed E-state index contributed by atoms with van der Waals surface area (Å²) in [5.41, 5.74) is 7.50. The molecule has 1 radical (unpaired) electrons. The Morgan fingerprint density at radius 3 is 1.48 bits per heavy atom. The predicted octanol–water partition coefficient (Wildman–Crippen LogP) is 6.05. The molecule has 8 heteroatoms. The molecule has 3 rings (SSSR count). The van der Waals surface area contributed by atoms with E-state index in [-0.39, 0.29) is 19.5 Å². The van der Waals surface area contributed by atoms with Crippen LogP contribution in [0.1, 0.15) is 0 Å². The first-order chi connectivity index (χ1) is 9.92. The molecule has 23 heavy (non-hydrogen) atoms. The second-order valence-corrected chi connectivity index (χ2v) is 5.55. The molecule has 0 amide bonds. The minimum Gasteiger partial charge on any atom is -0.288 e. The molecule has 0 nitrogen and oxygen atoms in total. The Kier molecular flexibility index (Phi) is 6.49. The van der Waals surface area contributed by atoms with E-state index in [0.717, 1.165) is 10.8 Å². The Hall–Kier alpha value is -1.95. The van der Waals surface area contributed by atoms with Crippen molar-refractivity contribution < 1.29 is 44.7 Å². The molecule has 2 aromatic carbocycles. The van der Waals surface area contributed by atoms with Crippen LogP contribution < -0.4 is 0 Å². The summed E-state index contributed by atoms with van der Waals surface area (Å²) >= 11 is 0. The fraction of sp³-hybridized carbons (Fsp3) is 0. The molecule has 0 atom stereocenters. The minimum absolute atomic E-state index is 0. The van der Waals surface area contributed by atoms with Crippen molar-refractivity contribution in [2.45, 2.75) is 0 Å². The molecule has 0 unspecified atom stereocenters. The summed E-state index contributed by atoms with van der Waals surface area (Å²) in [5.74, 6) is 0. The first kappa shape index (κ1) is 21.1. The topological polar surface area (TPSA) is 0 Å². The number of hydrogen-bond acceptors (Lipinski definition) is 0. The molecule has 0 saturated carbocycles. The van der Waals surface area contributed by atoms with Gasteiger partial charge < -0.3 is 0 Å². The van der Waals surface area contributed by atoms with E-state index in [4.69, 9.17) is 0 Å². The van der Waals surface area contributed by atoms with Gasteiger partial charge in [-0.3, -0.25) is 11.5 Å². The van der Waals surface area contributed by atoms with Crippen molar-refractivity contribution in [3.8, 4) is 0 Å². The van der Waals surface area contributed by atoms with Gasteiger partial charge in [-0.25, -0.2) is 5.73 Å². The third kappa shape index (κ3) is 14.7. The van der Waals surface area contributed by atoms with Crippen LogP contribution >= 0.6 is 7.81 Å². The number of hydrogen-bond donors (Lipinski definition) is 0. The van der Waals surface area contributed by atoms with E-state index in [2.05, 4.69) is 53.6 Å². The molecular formula is C15H4F6PRu. The molecule has 0 aromatic heterocycles. The van der Waals surface area contributed by atoms with Gasteiger partial charge in [0.15, 0.2) is 0 Å². The van der Waals surface area contributed by atoms with Gasteiger partial charge in [0.05, 0.1) is 0 Å². The van der Waals surface area contributed by atoms with Crippen molar-refractivity contribution >= 4 is 18.6 Å².